The monoisotopic (exact) mass is 434 g/mol. The van der Waals surface area contributed by atoms with Gasteiger partial charge in [0, 0.05) is 59.7 Å². The Kier molecular flexibility index (Phi) is 11.9. The van der Waals surface area contributed by atoms with Crippen LogP contribution in [0.4, 0.5) is 0 Å². The minimum atomic E-state index is -3.33. The zero-order chi connectivity index (χ0) is 20.8. The van der Waals surface area contributed by atoms with Crippen molar-refractivity contribution < 1.29 is 22.6 Å². The summed E-state index contributed by atoms with van der Waals surface area (Å²) in [5.41, 5.74) is 0. The van der Waals surface area contributed by atoms with E-state index in [4.69, 9.17) is 14.2 Å². The van der Waals surface area contributed by atoms with Crippen molar-refractivity contribution in [1.29, 1.82) is 0 Å². The molecule has 0 bridgehead atoms. The molecule has 170 valence electrons. The van der Waals surface area contributed by atoms with E-state index < -0.39 is 10.0 Å². The molecule has 2 aliphatic rings. The van der Waals surface area contributed by atoms with Gasteiger partial charge in [0.1, 0.15) is 0 Å². The molecule has 9 nitrogen and oxygen atoms in total. The smallest absolute Gasteiger partial charge is 0.213 e. The maximum atomic E-state index is 12.1. The van der Waals surface area contributed by atoms with Crippen molar-refractivity contribution in [1.82, 2.24) is 15.4 Å². The molecule has 2 rings (SSSR count). The topological polar surface area (TPSA) is 110 Å². The van der Waals surface area contributed by atoms with Gasteiger partial charge in [-0.1, -0.05) is 0 Å². The summed E-state index contributed by atoms with van der Waals surface area (Å²) in [5.74, 6) is 1.21. The summed E-state index contributed by atoms with van der Waals surface area (Å²) >= 11 is 0. The first kappa shape index (κ1) is 24.3. The van der Waals surface area contributed by atoms with Gasteiger partial charge in [-0.3, -0.25) is 4.99 Å². The maximum Gasteiger partial charge on any atom is 0.213 e. The zero-order valence-corrected chi connectivity index (χ0v) is 18.5. The van der Waals surface area contributed by atoms with E-state index in [9.17, 15) is 8.42 Å². The molecule has 2 fully saturated rings. The van der Waals surface area contributed by atoms with Crippen molar-refractivity contribution in [3.63, 3.8) is 0 Å². The molecule has 2 saturated heterocycles. The third-order valence-electron chi connectivity index (χ3n) is 5.14. The molecular formula is C19H38N4O5S. The van der Waals surface area contributed by atoms with Crippen LogP contribution in [0.15, 0.2) is 4.99 Å². The second-order valence-corrected chi connectivity index (χ2v) is 9.49. The van der Waals surface area contributed by atoms with Crippen molar-refractivity contribution in [2.24, 2.45) is 10.9 Å². The molecule has 0 aliphatic carbocycles. The molecule has 0 aromatic rings. The molecule has 0 aromatic carbocycles. The van der Waals surface area contributed by atoms with E-state index in [0.29, 0.717) is 31.6 Å². The molecule has 1 unspecified atom stereocenters. The zero-order valence-electron chi connectivity index (χ0n) is 17.7. The summed E-state index contributed by atoms with van der Waals surface area (Å²) in [7, 11) is -1.66. The molecule has 29 heavy (non-hydrogen) atoms. The first-order valence-electron chi connectivity index (χ1n) is 10.8. The van der Waals surface area contributed by atoms with Gasteiger partial charge < -0.3 is 24.8 Å². The van der Waals surface area contributed by atoms with Gasteiger partial charge in [-0.15, -0.1) is 0 Å². The minimum absolute atomic E-state index is 0.00502. The van der Waals surface area contributed by atoms with Crippen LogP contribution in [0.2, 0.25) is 0 Å². The fraction of sp³-hybridized carbons (Fsp3) is 0.947. The lowest BCUT2D eigenvalue weighted by Crippen LogP contribution is -2.42. The molecule has 2 heterocycles. The predicted molar refractivity (Wildman–Crippen MR) is 114 cm³/mol. The van der Waals surface area contributed by atoms with Crippen LogP contribution < -0.4 is 15.4 Å². The molecular weight excluding hydrogens is 396 g/mol. The minimum Gasteiger partial charge on any atom is -0.381 e. The molecule has 0 amide bonds. The first-order valence-corrected chi connectivity index (χ1v) is 12.4. The number of hydrogen-bond donors (Lipinski definition) is 3. The quantitative estimate of drug-likeness (QED) is 0.233. The molecule has 0 radical (unpaired) electrons. The van der Waals surface area contributed by atoms with E-state index in [1.165, 1.54) is 0 Å². The number of aliphatic imine (C=N–C) groups is 1. The van der Waals surface area contributed by atoms with Gasteiger partial charge in [-0.2, -0.15) is 0 Å². The summed E-state index contributed by atoms with van der Waals surface area (Å²) in [4.78, 5) is 4.12. The van der Waals surface area contributed by atoms with Gasteiger partial charge in [0.2, 0.25) is 10.0 Å². The third-order valence-corrected chi connectivity index (χ3v) is 6.49. The van der Waals surface area contributed by atoms with Crippen molar-refractivity contribution in [3.8, 4) is 0 Å². The van der Waals surface area contributed by atoms with Crippen LogP contribution in [0.5, 0.6) is 0 Å². The summed E-state index contributed by atoms with van der Waals surface area (Å²) in [6.07, 6.45) is 6.09. The summed E-state index contributed by atoms with van der Waals surface area (Å²) in [6, 6.07) is 0. The van der Waals surface area contributed by atoms with E-state index in [2.05, 4.69) is 20.3 Å². The molecule has 2 aliphatic heterocycles. The molecule has 10 heteroatoms. The van der Waals surface area contributed by atoms with Crippen LogP contribution in [0.25, 0.3) is 0 Å². The maximum absolute atomic E-state index is 12.1. The van der Waals surface area contributed by atoms with Crippen LogP contribution in [0, 0.1) is 5.92 Å². The predicted octanol–water partition coefficient (Wildman–Crippen LogP) is 0.473. The van der Waals surface area contributed by atoms with Gasteiger partial charge >= 0.3 is 0 Å². The highest BCUT2D eigenvalue weighted by atomic mass is 32.2. The van der Waals surface area contributed by atoms with Crippen molar-refractivity contribution in [3.05, 3.63) is 0 Å². The van der Waals surface area contributed by atoms with Gasteiger partial charge in [-0.25, -0.2) is 13.1 Å². The summed E-state index contributed by atoms with van der Waals surface area (Å²) in [6.45, 7) is 5.27. The summed E-state index contributed by atoms with van der Waals surface area (Å²) in [5, 5.41) is 6.22. The Labute approximate surface area is 175 Å². The largest absolute Gasteiger partial charge is 0.381 e. The Hall–Kier alpha value is -0.940. The Bertz CT molecular complexity index is 561. The van der Waals surface area contributed by atoms with Gasteiger partial charge in [0.15, 0.2) is 5.96 Å². The lowest BCUT2D eigenvalue weighted by molar-refractivity contribution is 0.0200. The van der Waals surface area contributed by atoms with Crippen molar-refractivity contribution >= 4 is 16.0 Å². The third kappa shape index (κ3) is 11.1. The van der Waals surface area contributed by atoms with Crippen LogP contribution in [-0.2, 0) is 24.2 Å². The average molecular weight is 435 g/mol. The SMILES string of the molecule is CN=C(NCCCOCC1CCOCC1)NCCS(=O)(=O)NCC1CCCCO1. The number of guanidine groups is 1. The highest BCUT2D eigenvalue weighted by Gasteiger charge is 2.17. The lowest BCUT2D eigenvalue weighted by Gasteiger charge is -2.22. The van der Waals surface area contributed by atoms with Gasteiger partial charge in [0.05, 0.1) is 11.9 Å². The number of rotatable bonds is 12. The fourth-order valence-electron chi connectivity index (χ4n) is 3.33. The van der Waals surface area contributed by atoms with E-state index in [1.807, 2.05) is 0 Å². The van der Waals surface area contributed by atoms with Crippen LogP contribution in [0.3, 0.4) is 0 Å². The fourth-order valence-corrected chi connectivity index (χ4v) is 4.28. The molecule has 0 aromatic heterocycles. The lowest BCUT2D eigenvalue weighted by atomic mass is 10.0. The number of ether oxygens (including phenoxy) is 3. The van der Waals surface area contributed by atoms with Gasteiger partial charge in [-0.05, 0) is 44.4 Å². The van der Waals surface area contributed by atoms with Gasteiger partial charge in [0.25, 0.3) is 0 Å². The van der Waals surface area contributed by atoms with E-state index in [0.717, 1.165) is 71.5 Å². The number of sulfonamides is 1. The average Bonchev–Trinajstić information content (AvgIpc) is 2.75. The Morgan fingerprint density at radius 2 is 1.90 bits per heavy atom. The van der Waals surface area contributed by atoms with Crippen LogP contribution in [-0.4, -0.2) is 86.0 Å². The standard InChI is InChI=1S/C19H38N4O5S/c1-20-19(21-8-4-10-27-16-17-6-12-26-13-7-17)22-9-14-29(24,25)23-15-18-5-2-3-11-28-18/h17-18,23H,2-16H2,1H3,(H2,20,21,22). The highest BCUT2D eigenvalue weighted by molar-refractivity contribution is 7.89. The van der Waals surface area contributed by atoms with E-state index in [-0.39, 0.29) is 11.9 Å². The molecule has 0 saturated carbocycles. The first-order chi connectivity index (χ1) is 14.1. The van der Waals surface area contributed by atoms with Crippen LogP contribution in [0.1, 0.15) is 38.5 Å². The highest BCUT2D eigenvalue weighted by Crippen LogP contribution is 2.14. The van der Waals surface area contributed by atoms with Crippen LogP contribution >= 0.6 is 0 Å². The molecule has 1 atom stereocenters. The second kappa shape index (κ2) is 14.1. The summed E-state index contributed by atoms with van der Waals surface area (Å²) < 4.78 is 43.5. The number of hydrogen-bond acceptors (Lipinski definition) is 6. The van der Waals surface area contributed by atoms with E-state index >= 15 is 0 Å². The Morgan fingerprint density at radius 1 is 1.10 bits per heavy atom. The number of nitrogens with one attached hydrogen (secondary N) is 3. The van der Waals surface area contributed by atoms with E-state index in [1.54, 1.807) is 7.05 Å². The molecule has 0 spiro atoms. The number of nitrogens with zero attached hydrogens (tertiary/aromatic N) is 1. The Morgan fingerprint density at radius 3 is 2.62 bits per heavy atom. The van der Waals surface area contributed by atoms with Crippen molar-refractivity contribution in [2.75, 3.05) is 65.5 Å². The van der Waals surface area contributed by atoms with Crippen molar-refractivity contribution in [2.45, 2.75) is 44.6 Å². The second-order valence-electron chi connectivity index (χ2n) is 7.57. The molecule has 3 N–H and O–H groups in total. The Balaban J connectivity index is 1.49. The normalized spacial score (nSPS) is 21.8.